The number of carbonyl (C=O) groups excluding carboxylic acids is 1. The summed E-state index contributed by atoms with van der Waals surface area (Å²) < 4.78 is 10.8. The molecule has 3 rings (SSSR count). The number of nitrogens with one attached hydrogen (secondary N) is 2. The van der Waals surface area contributed by atoms with Crippen molar-refractivity contribution in [1.29, 1.82) is 0 Å². The lowest BCUT2D eigenvalue weighted by Crippen LogP contribution is -2.14. The fraction of sp³-hybridized carbons (Fsp3) is 0.190. The molecule has 144 valence electrons. The highest BCUT2D eigenvalue weighted by atomic mass is 16.5. The largest absolute Gasteiger partial charge is 0.494 e. The zero-order chi connectivity index (χ0) is 19.8. The topological polar surface area (TPSA) is 85.4 Å². The summed E-state index contributed by atoms with van der Waals surface area (Å²) in [5, 5.41) is 5.89. The van der Waals surface area contributed by atoms with E-state index >= 15 is 0 Å². The van der Waals surface area contributed by atoms with Crippen molar-refractivity contribution in [3.8, 4) is 11.5 Å². The van der Waals surface area contributed by atoms with Gasteiger partial charge in [-0.2, -0.15) is 0 Å². The van der Waals surface area contributed by atoms with E-state index in [4.69, 9.17) is 9.47 Å². The molecule has 0 atom stereocenters. The van der Waals surface area contributed by atoms with Crippen LogP contribution in [0.25, 0.3) is 0 Å². The van der Waals surface area contributed by atoms with Gasteiger partial charge in [-0.1, -0.05) is 0 Å². The molecular weight excluding hydrogens is 356 g/mol. The van der Waals surface area contributed by atoms with E-state index in [1.165, 1.54) is 6.20 Å². The number of benzene rings is 2. The van der Waals surface area contributed by atoms with Gasteiger partial charge in [-0.15, -0.1) is 0 Å². The van der Waals surface area contributed by atoms with Gasteiger partial charge < -0.3 is 20.1 Å². The lowest BCUT2D eigenvalue weighted by Gasteiger charge is -2.09. The van der Waals surface area contributed by atoms with E-state index in [-0.39, 0.29) is 11.6 Å². The van der Waals surface area contributed by atoms with Crippen LogP contribution in [0.5, 0.6) is 11.5 Å². The van der Waals surface area contributed by atoms with Crippen molar-refractivity contribution >= 4 is 23.2 Å². The first-order valence-corrected chi connectivity index (χ1v) is 9.05. The number of amides is 1. The van der Waals surface area contributed by atoms with Crippen LogP contribution >= 0.6 is 0 Å². The zero-order valence-electron chi connectivity index (χ0n) is 15.8. The van der Waals surface area contributed by atoms with E-state index in [0.29, 0.717) is 24.8 Å². The van der Waals surface area contributed by atoms with E-state index < -0.39 is 0 Å². The fourth-order valence-corrected chi connectivity index (χ4v) is 2.47. The molecule has 2 aromatic carbocycles. The summed E-state index contributed by atoms with van der Waals surface area (Å²) in [6.07, 6.45) is 1.54. The molecule has 0 saturated carbocycles. The van der Waals surface area contributed by atoms with Gasteiger partial charge in [0.15, 0.2) is 0 Å². The molecule has 2 N–H and O–H groups in total. The second-order valence-corrected chi connectivity index (χ2v) is 5.76. The SMILES string of the molecule is CCOc1ccc(NC(=O)c2ccnc(Nc3ccc(OCC)cc3)n2)cc1. The molecule has 0 bridgehead atoms. The molecule has 7 heteroatoms. The molecule has 0 unspecified atom stereocenters. The Kier molecular flexibility index (Phi) is 6.41. The predicted molar refractivity (Wildman–Crippen MR) is 108 cm³/mol. The minimum Gasteiger partial charge on any atom is -0.494 e. The minimum atomic E-state index is -0.318. The number of aromatic nitrogens is 2. The van der Waals surface area contributed by atoms with Gasteiger partial charge in [-0.3, -0.25) is 4.79 Å². The number of hydrogen-bond acceptors (Lipinski definition) is 6. The first-order valence-electron chi connectivity index (χ1n) is 9.05. The maximum Gasteiger partial charge on any atom is 0.274 e. The Balaban J connectivity index is 1.65. The predicted octanol–water partition coefficient (Wildman–Crippen LogP) is 4.27. The van der Waals surface area contributed by atoms with Crippen molar-refractivity contribution in [2.24, 2.45) is 0 Å². The number of ether oxygens (including phenoxy) is 2. The Morgan fingerprint density at radius 1 is 0.857 bits per heavy atom. The molecule has 0 radical (unpaired) electrons. The Labute approximate surface area is 163 Å². The lowest BCUT2D eigenvalue weighted by molar-refractivity contribution is 0.102. The Morgan fingerprint density at radius 3 is 2.00 bits per heavy atom. The molecule has 0 aliphatic carbocycles. The number of anilines is 3. The van der Waals surface area contributed by atoms with Crippen LogP contribution in [0.1, 0.15) is 24.3 Å². The molecule has 0 fully saturated rings. The first kappa shape index (κ1) is 19.2. The Hall–Kier alpha value is -3.61. The van der Waals surface area contributed by atoms with Crippen LogP contribution in [0.3, 0.4) is 0 Å². The highest BCUT2D eigenvalue weighted by Gasteiger charge is 2.10. The van der Waals surface area contributed by atoms with Crippen LogP contribution in [0.15, 0.2) is 60.8 Å². The number of nitrogens with zero attached hydrogens (tertiary/aromatic N) is 2. The van der Waals surface area contributed by atoms with Crippen molar-refractivity contribution in [1.82, 2.24) is 9.97 Å². The Morgan fingerprint density at radius 2 is 1.43 bits per heavy atom. The summed E-state index contributed by atoms with van der Waals surface area (Å²) in [5.41, 5.74) is 1.72. The van der Waals surface area contributed by atoms with Gasteiger partial charge in [-0.25, -0.2) is 9.97 Å². The van der Waals surface area contributed by atoms with Gasteiger partial charge in [0.05, 0.1) is 13.2 Å². The van der Waals surface area contributed by atoms with Crippen molar-refractivity contribution in [2.45, 2.75) is 13.8 Å². The molecule has 1 amide bonds. The third kappa shape index (κ3) is 5.20. The first-order chi connectivity index (χ1) is 13.7. The molecule has 1 aromatic heterocycles. The van der Waals surface area contributed by atoms with Gasteiger partial charge in [0.2, 0.25) is 5.95 Å². The summed E-state index contributed by atoms with van der Waals surface area (Å²) in [4.78, 5) is 20.9. The van der Waals surface area contributed by atoms with Crippen LogP contribution < -0.4 is 20.1 Å². The molecule has 1 heterocycles. The number of carbonyl (C=O) groups is 1. The van der Waals surface area contributed by atoms with E-state index in [1.54, 1.807) is 30.3 Å². The van der Waals surface area contributed by atoms with Crippen LogP contribution in [-0.4, -0.2) is 29.1 Å². The maximum atomic E-state index is 12.5. The van der Waals surface area contributed by atoms with Gasteiger partial charge in [0, 0.05) is 17.6 Å². The highest BCUT2D eigenvalue weighted by molar-refractivity contribution is 6.03. The Bertz CT molecular complexity index is 912. The normalized spacial score (nSPS) is 10.2. The van der Waals surface area contributed by atoms with Crippen molar-refractivity contribution in [3.63, 3.8) is 0 Å². The van der Waals surface area contributed by atoms with Crippen molar-refractivity contribution in [2.75, 3.05) is 23.8 Å². The third-order valence-electron chi connectivity index (χ3n) is 3.73. The van der Waals surface area contributed by atoms with E-state index in [0.717, 1.165) is 17.2 Å². The van der Waals surface area contributed by atoms with Crippen molar-refractivity contribution in [3.05, 3.63) is 66.5 Å². The highest BCUT2D eigenvalue weighted by Crippen LogP contribution is 2.19. The zero-order valence-corrected chi connectivity index (χ0v) is 15.8. The van der Waals surface area contributed by atoms with Gasteiger partial charge in [0.1, 0.15) is 17.2 Å². The van der Waals surface area contributed by atoms with Crippen LogP contribution in [0, 0.1) is 0 Å². The van der Waals surface area contributed by atoms with Crippen LogP contribution in [0.2, 0.25) is 0 Å². The molecule has 0 spiro atoms. The standard InChI is InChI=1S/C21H22N4O3/c1-3-27-17-9-5-15(6-10-17)23-20(26)19-13-14-22-21(25-19)24-16-7-11-18(12-8-16)28-4-2/h5-14H,3-4H2,1-2H3,(H,23,26)(H,22,24,25). The smallest absolute Gasteiger partial charge is 0.274 e. The third-order valence-corrected chi connectivity index (χ3v) is 3.73. The number of hydrogen-bond donors (Lipinski definition) is 2. The van der Waals surface area contributed by atoms with Gasteiger partial charge in [-0.05, 0) is 68.4 Å². The summed E-state index contributed by atoms with van der Waals surface area (Å²) in [6, 6.07) is 16.2. The molecule has 3 aromatic rings. The average Bonchev–Trinajstić information content (AvgIpc) is 2.71. The molecular formula is C21H22N4O3. The maximum absolute atomic E-state index is 12.5. The summed E-state index contributed by atoms with van der Waals surface area (Å²) in [7, 11) is 0. The molecule has 28 heavy (non-hydrogen) atoms. The van der Waals surface area contributed by atoms with Gasteiger partial charge in [0.25, 0.3) is 5.91 Å². The van der Waals surface area contributed by atoms with Gasteiger partial charge >= 0.3 is 0 Å². The monoisotopic (exact) mass is 378 g/mol. The summed E-state index contributed by atoms with van der Waals surface area (Å²) >= 11 is 0. The molecule has 0 aliphatic rings. The van der Waals surface area contributed by atoms with E-state index in [9.17, 15) is 4.79 Å². The summed E-state index contributed by atoms with van der Waals surface area (Å²) in [5.74, 6) is 1.56. The molecule has 0 saturated heterocycles. The quantitative estimate of drug-likeness (QED) is 0.609. The van der Waals surface area contributed by atoms with Crippen LogP contribution in [-0.2, 0) is 0 Å². The summed E-state index contributed by atoms with van der Waals surface area (Å²) in [6.45, 7) is 5.06. The second kappa shape index (κ2) is 9.36. The van der Waals surface area contributed by atoms with Crippen LogP contribution in [0.4, 0.5) is 17.3 Å². The van der Waals surface area contributed by atoms with Crippen molar-refractivity contribution < 1.29 is 14.3 Å². The lowest BCUT2D eigenvalue weighted by atomic mass is 10.3. The van der Waals surface area contributed by atoms with E-state index in [2.05, 4.69) is 20.6 Å². The average molecular weight is 378 g/mol. The fourth-order valence-electron chi connectivity index (χ4n) is 2.47. The van der Waals surface area contributed by atoms with E-state index in [1.807, 2.05) is 38.1 Å². The number of rotatable bonds is 8. The molecule has 7 nitrogen and oxygen atoms in total. The molecule has 0 aliphatic heterocycles. The second-order valence-electron chi connectivity index (χ2n) is 5.76. The minimum absolute atomic E-state index is 0.261.